The summed E-state index contributed by atoms with van der Waals surface area (Å²) in [6.45, 7) is 2.79. The normalized spacial score (nSPS) is 11.5. The Morgan fingerprint density at radius 1 is 1.38 bits per heavy atom. The third kappa shape index (κ3) is 1.45. The molecule has 0 fully saturated rings. The van der Waals surface area contributed by atoms with Gasteiger partial charge in [-0.3, -0.25) is 0 Å². The number of fused-ring (bicyclic) bond motifs is 1. The van der Waals surface area contributed by atoms with Gasteiger partial charge in [0.1, 0.15) is 5.52 Å². The van der Waals surface area contributed by atoms with Crippen LogP contribution in [0.15, 0.2) is 36.4 Å². The molecule has 66 valence electrons. The van der Waals surface area contributed by atoms with Crippen LogP contribution in [-0.2, 0) is 6.54 Å². The first kappa shape index (κ1) is 7.98. The number of hydrogen-bond acceptors (Lipinski definition) is 2. The predicted molar refractivity (Wildman–Crippen MR) is 52.3 cm³/mol. The molecule has 2 rings (SSSR count). The van der Waals surface area contributed by atoms with E-state index in [4.69, 9.17) is 0 Å². The lowest BCUT2D eigenvalue weighted by atomic mass is 10.3. The summed E-state index contributed by atoms with van der Waals surface area (Å²) < 4.78 is 1.88. The van der Waals surface area contributed by atoms with Gasteiger partial charge in [0.15, 0.2) is 0 Å². The van der Waals surface area contributed by atoms with E-state index >= 15 is 0 Å². The van der Waals surface area contributed by atoms with Gasteiger partial charge in [-0.1, -0.05) is 29.5 Å². The second-order valence-electron chi connectivity index (χ2n) is 2.83. The van der Waals surface area contributed by atoms with Crippen LogP contribution in [0.25, 0.3) is 11.0 Å². The summed E-state index contributed by atoms with van der Waals surface area (Å²) in [5.41, 5.74) is 2.03. The largest absolute Gasteiger partial charge is 0.241 e. The summed E-state index contributed by atoms with van der Waals surface area (Å²) in [5.74, 6) is 0. The SMILES string of the molecule is CC=CCn1nnc2ccccc21. The van der Waals surface area contributed by atoms with Crippen LogP contribution in [0.5, 0.6) is 0 Å². The second-order valence-corrected chi connectivity index (χ2v) is 2.83. The van der Waals surface area contributed by atoms with Gasteiger partial charge in [0.2, 0.25) is 0 Å². The highest BCUT2D eigenvalue weighted by Gasteiger charge is 1.99. The summed E-state index contributed by atoms with van der Waals surface area (Å²) in [6, 6.07) is 7.96. The van der Waals surface area contributed by atoms with Crippen molar-refractivity contribution in [3.63, 3.8) is 0 Å². The molecule has 0 atom stereocenters. The monoisotopic (exact) mass is 173 g/mol. The molecular formula is C10H11N3. The van der Waals surface area contributed by atoms with E-state index in [0.29, 0.717) is 0 Å². The standard InChI is InChI=1S/C10H11N3/c1-2-3-8-13-10-7-5-4-6-9(10)11-12-13/h2-7H,8H2,1H3. The highest BCUT2D eigenvalue weighted by molar-refractivity contribution is 5.73. The van der Waals surface area contributed by atoms with Crippen LogP contribution < -0.4 is 0 Å². The average Bonchev–Trinajstić information content (AvgIpc) is 2.58. The molecule has 0 radical (unpaired) electrons. The van der Waals surface area contributed by atoms with Crippen LogP contribution in [-0.4, -0.2) is 15.0 Å². The Hall–Kier alpha value is -1.64. The average molecular weight is 173 g/mol. The van der Waals surface area contributed by atoms with Crippen LogP contribution in [0.2, 0.25) is 0 Å². The molecule has 0 aliphatic heterocycles. The van der Waals surface area contributed by atoms with Gasteiger partial charge in [0, 0.05) is 0 Å². The first-order valence-electron chi connectivity index (χ1n) is 4.31. The molecule has 0 spiro atoms. The minimum atomic E-state index is 0.789. The van der Waals surface area contributed by atoms with Crippen molar-refractivity contribution in [1.82, 2.24) is 15.0 Å². The van der Waals surface area contributed by atoms with E-state index in [-0.39, 0.29) is 0 Å². The van der Waals surface area contributed by atoms with Crippen LogP contribution in [0, 0.1) is 0 Å². The van der Waals surface area contributed by atoms with Gasteiger partial charge in [0.25, 0.3) is 0 Å². The molecule has 1 aromatic heterocycles. The summed E-state index contributed by atoms with van der Waals surface area (Å²) in [7, 11) is 0. The number of allylic oxidation sites excluding steroid dienone is 2. The number of benzene rings is 1. The first-order valence-corrected chi connectivity index (χ1v) is 4.31. The van der Waals surface area contributed by atoms with Crippen molar-refractivity contribution in [2.24, 2.45) is 0 Å². The topological polar surface area (TPSA) is 30.7 Å². The smallest absolute Gasteiger partial charge is 0.113 e. The third-order valence-corrected chi connectivity index (χ3v) is 1.93. The minimum absolute atomic E-state index is 0.789. The molecule has 0 amide bonds. The van der Waals surface area contributed by atoms with Gasteiger partial charge in [-0.05, 0) is 19.1 Å². The van der Waals surface area contributed by atoms with Crippen molar-refractivity contribution < 1.29 is 0 Å². The third-order valence-electron chi connectivity index (χ3n) is 1.93. The van der Waals surface area contributed by atoms with Crippen molar-refractivity contribution >= 4 is 11.0 Å². The zero-order valence-corrected chi connectivity index (χ0v) is 7.51. The van der Waals surface area contributed by atoms with E-state index in [9.17, 15) is 0 Å². The number of rotatable bonds is 2. The number of hydrogen-bond donors (Lipinski definition) is 0. The number of nitrogens with zero attached hydrogens (tertiary/aromatic N) is 3. The summed E-state index contributed by atoms with van der Waals surface area (Å²) >= 11 is 0. The zero-order valence-electron chi connectivity index (χ0n) is 7.51. The van der Waals surface area contributed by atoms with Gasteiger partial charge < -0.3 is 0 Å². The molecule has 0 saturated carbocycles. The maximum absolute atomic E-state index is 4.05. The lowest BCUT2D eigenvalue weighted by Gasteiger charge is -1.95. The van der Waals surface area contributed by atoms with E-state index in [1.807, 2.05) is 41.9 Å². The molecule has 3 nitrogen and oxygen atoms in total. The van der Waals surface area contributed by atoms with Gasteiger partial charge in [-0.15, -0.1) is 5.10 Å². The van der Waals surface area contributed by atoms with E-state index in [2.05, 4.69) is 16.4 Å². The number of aromatic nitrogens is 3. The maximum atomic E-state index is 4.05. The van der Waals surface area contributed by atoms with Gasteiger partial charge in [0.05, 0.1) is 12.1 Å². The molecular weight excluding hydrogens is 162 g/mol. The molecule has 1 aromatic carbocycles. The Kier molecular flexibility index (Phi) is 2.08. The molecule has 0 bridgehead atoms. The Morgan fingerprint density at radius 3 is 3.08 bits per heavy atom. The van der Waals surface area contributed by atoms with E-state index in [1.54, 1.807) is 0 Å². The highest BCUT2D eigenvalue weighted by Crippen LogP contribution is 2.09. The Morgan fingerprint density at radius 2 is 2.23 bits per heavy atom. The minimum Gasteiger partial charge on any atom is -0.241 e. The predicted octanol–water partition coefficient (Wildman–Crippen LogP) is 2.01. The van der Waals surface area contributed by atoms with Crippen molar-refractivity contribution in [3.8, 4) is 0 Å². The Labute approximate surface area is 76.7 Å². The fourth-order valence-corrected chi connectivity index (χ4v) is 1.26. The van der Waals surface area contributed by atoms with Crippen molar-refractivity contribution in [1.29, 1.82) is 0 Å². The fraction of sp³-hybridized carbons (Fsp3) is 0.200. The molecule has 0 N–H and O–H groups in total. The van der Waals surface area contributed by atoms with Crippen LogP contribution in [0.4, 0.5) is 0 Å². The molecule has 0 aliphatic carbocycles. The molecule has 1 heterocycles. The lowest BCUT2D eigenvalue weighted by Crippen LogP contribution is -1.96. The van der Waals surface area contributed by atoms with Gasteiger partial charge >= 0.3 is 0 Å². The summed E-state index contributed by atoms with van der Waals surface area (Å²) in [5, 5.41) is 8.10. The number of para-hydroxylation sites is 1. The molecule has 2 aromatic rings. The first-order chi connectivity index (χ1) is 6.42. The van der Waals surface area contributed by atoms with Crippen molar-refractivity contribution in [2.45, 2.75) is 13.5 Å². The Bertz CT molecular complexity index is 428. The summed E-state index contributed by atoms with van der Waals surface area (Å²) in [4.78, 5) is 0. The van der Waals surface area contributed by atoms with E-state index in [1.165, 1.54) is 0 Å². The zero-order chi connectivity index (χ0) is 9.10. The van der Waals surface area contributed by atoms with Crippen molar-refractivity contribution in [3.05, 3.63) is 36.4 Å². The molecule has 0 unspecified atom stereocenters. The molecule has 0 aliphatic rings. The van der Waals surface area contributed by atoms with E-state index < -0.39 is 0 Å². The molecule has 0 saturated heterocycles. The van der Waals surface area contributed by atoms with E-state index in [0.717, 1.165) is 17.6 Å². The van der Waals surface area contributed by atoms with Gasteiger partial charge in [-0.25, -0.2) is 4.68 Å². The quantitative estimate of drug-likeness (QED) is 0.650. The fourth-order valence-electron chi connectivity index (χ4n) is 1.26. The van der Waals surface area contributed by atoms with Crippen LogP contribution in [0.1, 0.15) is 6.92 Å². The van der Waals surface area contributed by atoms with Crippen LogP contribution in [0.3, 0.4) is 0 Å². The molecule has 3 heteroatoms. The lowest BCUT2D eigenvalue weighted by molar-refractivity contribution is 0.682. The van der Waals surface area contributed by atoms with Gasteiger partial charge in [-0.2, -0.15) is 0 Å². The van der Waals surface area contributed by atoms with Crippen LogP contribution >= 0.6 is 0 Å². The van der Waals surface area contributed by atoms with Crippen molar-refractivity contribution in [2.75, 3.05) is 0 Å². The summed E-state index contributed by atoms with van der Waals surface area (Å²) in [6.07, 6.45) is 4.07. The second kappa shape index (κ2) is 3.39. The highest BCUT2D eigenvalue weighted by atomic mass is 15.4. The molecule has 13 heavy (non-hydrogen) atoms. The maximum Gasteiger partial charge on any atom is 0.113 e. The Balaban J connectivity index is 2.45.